The Labute approximate surface area is 88.5 Å². The van der Waals surface area contributed by atoms with Gasteiger partial charge in [0.2, 0.25) is 0 Å². The molecule has 0 amide bonds. The molecule has 0 saturated carbocycles. The van der Waals surface area contributed by atoms with Crippen LogP contribution in [0.4, 0.5) is 0 Å². The molecule has 0 spiro atoms. The number of aromatic amines is 1. The van der Waals surface area contributed by atoms with Crippen molar-refractivity contribution in [3.63, 3.8) is 0 Å². The predicted molar refractivity (Wildman–Crippen MR) is 59.6 cm³/mol. The summed E-state index contributed by atoms with van der Waals surface area (Å²) < 4.78 is 5.23. The van der Waals surface area contributed by atoms with Crippen molar-refractivity contribution in [3.8, 4) is 0 Å². The van der Waals surface area contributed by atoms with Crippen molar-refractivity contribution in [1.29, 1.82) is 0 Å². The number of nitrogens with zero attached hydrogens (tertiary/aromatic N) is 1. The number of ether oxygens (including phenoxy) is 1. The van der Waals surface area contributed by atoms with Gasteiger partial charge in [-0.05, 0) is 24.6 Å². The molecule has 1 heterocycles. The summed E-state index contributed by atoms with van der Waals surface area (Å²) in [6.45, 7) is 2.48. The Morgan fingerprint density at radius 3 is 3.00 bits per heavy atom. The van der Waals surface area contributed by atoms with E-state index in [1.165, 1.54) is 5.56 Å². The van der Waals surface area contributed by atoms with Crippen LogP contribution in [0.2, 0.25) is 0 Å². The van der Waals surface area contributed by atoms with Gasteiger partial charge in [-0.1, -0.05) is 6.07 Å². The smallest absolute Gasteiger partial charge is 0.137 e. The minimum absolute atomic E-state index is 0.155. The average Bonchev–Trinajstić information content (AvgIpc) is 2.62. The zero-order chi connectivity index (χ0) is 10.8. The molecule has 0 fully saturated rings. The molecule has 4 heteroatoms. The minimum Gasteiger partial charge on any atom is -0.372 e. The SMILES string of the molecule is COC(CN)c1nc2ccc(C)cc2[nH]1. The Morgan fingerprint density at radius 2 is 2.33 bits per heavy atom. The number of benzene rings is 1. The lowest BCUT2D eigenvalue weighted by Gasteiger charge is -2.08. The molecule has 1 atom stereocenters. The number of hydrogen-bond acceptors (Lipinski definition) is 3. The van der Waals surface area contributed by atoms with Crippen LogP contribution in [0.25, 0.3) is 11.0 Å². The van der Waals surface area contributed by atoms with Crippen molar-refractivity contribution < 1.29 is 4.74 Å². The lowest BCUT2D eigenvalue weighted by atomic mass is 10.2. The second-order valence-corrected chi connectivity index (χ2v) is 3.60. The van der Waals surface area contributed by atoms with Crippen LogP contribution in [0.1, 0.15) is 17.5 Å². The number of imidazole rings is 1. The maximum absolute atomic E-state index is 5.58. The van der Waals surface area contributed by atoms with Gasteiger partial charge in [0, 0.05) is 13.7 Å². The van der Waals surface area contributed by atoms with E-state index < -0.39 is 0 Å². The number of nitrogens with one attached hydrogen (secondary N) is 1. The van der Waals surface area contributed by atoms with Gasteiger partial charge < -0.3 is 15.5 Å². The van der Waals surface area contributed by atoms with E-state index in [0.29, 0.717) is 6.54 Å². The Kier molecular flexibility index (Phi) is 2.70. The van der Waals surface area contributed by atoms with Crippen LogP contribution in [0.3, 0.4) is 0 Å². The Bertz CT molecular complexity index is 460. The third-order valence-corrected chi connectivity index (χ3v) is 2.46. The van der Waals surface area contributed by atoms with E-state index in [9.17, 15) is 0 Å². The van der Waals surface area contributed by atoms with Crippen LogP contribution in [0.15, 0.2) is 18.2 Å². The summed E-state index contributed by atoms with van der Waals surface area (Å²) in [5.41, 5.74) is 8.77. The van der Waals surface area contributed by atoms with Crippen molar-refractivity contribution in [2.45, 2.75) is 13.0 Å². The molecule has 15 heavy (non-hydrogen) atoms. The zero-order valence-corrected chi connectivity index (χ0v) is 8.95. The van der Waals surface area contributed by atoms with E-state index in [1.807, 2.05) is 12.1 Å². The molecule has 0 bridgehead atoms. The molecule has 0 aliphatic heterocycles. The Hall–Kier alpha value is -1.39. The molecule has 0 aliphatic rings. The van der Waals surface area contributed by atoms with Gasteiger partial charge >= 0.3 is 0 Å². The molecule has 80 valence electrons. The van der Waals surface area contributed by atoms with Crippen molar-refractivity contribution in [2.24, 2.45) is 5.73 Å². The third-order valence-electron chi connectivity index (χ3n) is 2.46. The summed E-state index contributed by atoms with van der Waals surface area (Å²) >= 11 is 0. The first-order valence-corrected chi connectivity index (χ1v) is 4.93. The first-order valence-electron chi connectivity index (χ1n) is 4.93. The van der Waals surface area contributed by atoms with Gasteiger partial charge in [-0.25, -0.2) is 4.98 Å². The molecule has 3 N–H and O–H groups in total. The first-order chi connectivity index (χ1) is 7.24. The number of aryl methyl sites for hydroxylation is 1. The van der Waals surface area contributed by atoms with Crippen LogP contribution in [-0.2, 0) is 4.74 Å². The average molecular weight is 205 g/mol. The van der Waals surface area contributed by atoms with Crippen LogP contribution < -0.4 is 5.73 Å². The standard InChI is InChI=1S/C11H15N3O/c1-7-3-4-8-9(5-7)14-11(13-8)10(6-12)15-2/h3-5,10H,6,12H2,1-2H3,(H,13,14). The van der Waals surface area contributed by atoms with E-state index in [2.05, 4.69) is 23.0 Å². The van der Waals surface area contributed by atoms with E-state index >= 15 is 0 Å². The molecule has 2 aromatic rings. The lowest BCUT2D eigenvalue weighted by Crippen LogP contribution is -2.15. The highest BCUT2D eigenvalue weighted by atomic mass is 16.5. The van der Waals surface area contributed by atoms with Crippen LogP contribution in [0.5, 0.6) is 0 Å². The molecule has 1 aromatic heterocycles. The molecular formula is C11H15N3O. The zero-order valence-electron chi connectivity index (χ0n) is 8.95. The number of H-pyrrole nitrogens is 1. The number of fused-ring (bicyclic) bond motifs is 1. The van der Waals surface area contributed by atoms with Crippen molar-refractivity contribution in [1.82, 2.24) is 9.97 Å². The molecule has 1 unspecified atom stereocenters. The summed E-state index contributed by atoms with van der Waals surface area (Å²) in [6.07, 6.45) is -0.155. The summed E-state index contributed by atoms with van der Waals surface area (Å²) in [4.78, 5) is 7.66. The van der Waals surface area contributed by atoms with Crippen molar-refractivity contribution >= 4 is 11.0 Å². The van der Waals surface area contributed by atoms with E-state index in [4.69, 9.17) is 10.5 Å². The molecule has 2 rings (SSSR count). The van der Waals surface area contributed by atoms with Crippen LogP contribution in [0, 0.1) is 6.92 Å². The highest BCUT2D eigenvalue weighted by molar-refractivity contribution is 5.75. The summed E-state index contributed by atoms with van der Waals surface area (Å²) in [5, 5.41) is 0. The Morgan fingerprint density at radius 1 is 1.53 bits per heavy atom. The minimum atomic E-state index is -0.155. The molecule has 0 saturated heterocycles. The molecule has 1 aromatic carbocycles. The fourth-order valence-corrected chi connectivity index (χ4v) is 1.62. The van der Waals surface area contributed by atoms with Gasteiger partial charge in [-0.15, -0.1) is 0 Å². The normalized spacial score (nSPS) is 13.3. The van der Waals surface area contributed by atoms with Gasteiger partial charge in [0.25, 0.3) is 0 Å². The maximum atomic E-state index is 5.58. The first kappa shape index (κ1) is 10.1. The molecular weight excluding hydrogens is 190 g/mol. The number of nitrogens with two attached hydrogens (primary N) is 1. The van der Waals surface area contributed by atoms with E-state index in [1.54, 1.807) is 7.11 Å². The van der Waals surface area contributed by atoms with Crippen LogP contribution in [-0.4, -0.2) is 23.6 Å². The van der Waals surface area contributed by atoms with Gasteiger partial charge in [0.1, 0.15) is 11.9 Å². The van der Waals surface area contributed by atoms with Gasteiger partial charge in [0.05, 0.1) is 11.0 Å². The number of rotatable bonds is 3. The Balaban J connectivity index is 2.46. The van der Waals surface area contributed by atoms with Gasteiger partial charge in [0.15, 0.2) is 0 Å². The largest absolute Gasteiger partial charge is 0.372 e. The summed E-state index contributed by atoms with van der Waals surface area (Å²) in [6, 6.07) is 6.10. The van der Waals surface area contributed by atoms with Gasteiger partial charge in [-0.3, -0.25) is 0 Å². The molecule has 0 aliphatic carbocycles. The quantitative estimate of drug-likeness (QED) is 0.798. The topological polar surface area (TPSA) is 63.9 Å². The van der Waals surface area contributed by atoms with Crippen molar-refractivity contribution in [2.75, 3.05) is 13.7 Å². The van der Waals surface area contributed by atoms with Crippen molar-refractivity contribution in [3.05, 3.63) is 29.6 Å². The summed E-state index contributed by atoms with van der Waals surface area (Å²) in [7, 11) is 1.63. The molecule has 4 nitrogen and oxygen atoms in total. The van der Waals surface area contributed by atoms with Crippen LogP contribution >= 0.6 is 0 Å². The third kappa shape index (κ3) is 1.86. The van der Waals surface area contributed by atoms with Gasteiger partial charge in [-0.2, -0.15) is 0 Å². The highest BCUT2D eigenvalue weighted by Crippen LogP contribution is 2.18. The second-order valence-electron chi connectivity index (χ2n) is 3.60. The maximum Gasteiger partial charge on any atom is 0.137 e. The number of methoxy groups -OCH3 is 1. The number of hydrogen-bond donors (Lipinski definition) is 2. The van der Waals surface area contributed by atoms with E-state index in [-0.39, 0.29) is 6.10 Å². The number of aromatic nitrogens is 2. The second kappa shape index (κ2) is 4.00. The molecule has 0 radical (unpaired) electrons. The lowest BCUT2D eigenvalue weighted by molar-refractivity contribution is 0.104. The monoisotopic (exact) mass is 205 g/mol. The van der Waals surface area contributed by atoms with E-state index in [0.717, 1.165) is 16.9 Å². The predicted octanol–water partition coefficient (Wildman–Crippen LogP) is 1.52. The highest BCUT2D eigenvalue weighted by Gasteiger charge is 2.12. The fourth-order valence-electron chi connectivity index (χ4n) is 1.62. The fraction of sp³-hybridized carbons (Fsp3) is 0.364. The summed E-state index contributed by atoms with van der Waals surface area (Å²) in [5.74, 6) is 0.792.